The lowest BCUT2D eigenvalue weighted by Gasteiger charge is -2.26. The highest BCUT2D eigenvalue weighted by atomic mass is 35.5. The van der Waals surface area contributed by atoms with Crippen molar-refractivity contribution in [3.05, 3.63) is 70.8 Å². The minimum absolute atomic E-state index is 0. The summed E-state index contributed by atoms with van der Waals surface area (Å²) in [7, 11) is 2.05. The van der Waals surface area contributed by atoms with E-state index < -0.39 is 0 Å². The molecule has 0 spiro atoms. The van der Waals surface area contributed by atoms with Gasteiger partial charge in [-0.25, -0.2) is 4.79 Å². The average Bonchev–Trinajstić information content (AvgIpc) is 2.60. The first-order chi connectivity index (χ1) is 13.4. The molecular weight excluding hydrogens is 394 g/mol. The largest absolute Gasteiger partial charge is 0.458 e. The van der Waals surface area contributed by atoms with Crippen LogP contribution in [0, 0.1) is 0 Å². The summed E-state index contributed by atoms with van der Waals surface area (Å²) in [4.78, 5) is 15.1. The van der Waals surface area contributed by atoms with Crippen molar-refractivity contribution in [1.29, 1.82) is 0 Å². The Balaban J connectivity index is 0.00000450. The number of carbonyl (C=O) groups is 1. The Labute approximate surface area is 189 Å². The van der Waals surface area contributed by atoms with E-state index >= 15 is 0 Å². The van der Waals surface area contributed by atoms with Gasteiger partial charge in [-0.1, -0.05) is 77.9 Å². The van der Waals surface area contributed by atoms with E-state index in [2.05, 4.69) is 71.7 Å². The topological polar surface area (TPSA) is 29.5 Å². The van der Waals surface area contributed by atoms with Crippen LogP contribution in [0.15, 0.2) is 48.5 Å². The molecule has 0 aromatic heterocycles. The molecule has 0 N–H and O–H groups in total. The second-order valence-electron chi connectivity index (χ2n) is 10.2. The monoisotopic (exact) mass is 431 g/mol. The molecule has 1 unspecified atom stereocenters. The van der Waals surface area contributed by atoms with E-state index in [-0.39, 0.29) is 35.3 Å². The van der Waals surface area contributed by atoms with Gasteiger partial charge in [0.15, 0.2) is 0 Å². The number of ether oxygens (including phenoxy) is 1. The number of esters is 1. The van der Waals surface area contributed by atoms with Gasteiger partial charge < -0.3 is 4.74 Å². The Kier molecular flexibility index (Phi) is 9.13. The van der Waals surface area contributed by atoms with Gasteiger partial charge in [0.1, 0.15) is 6.10 Å². The second-order valence-corrected chi connectivity index (χ2v) is 10.2. The van der Waals surface area contributed by atoms with Gasteiger partial charge in [-0.15, -0.1) is 12.4 Å². The zero-order valence-corrected chi connectivity index (χ0v) is 20.6. The molecule has 2 aromatic rings. The second kappa shape index (κ2) is 10.5. The van der Waals surface area contributed by atoms with Crippen molar-refractivity contribution in [2.75, 3.05) is 13.6 Å². The molecule has 0 heterocycles. The Morgan fingerprint density at radius 1 is 0.933 bits per heavy atom. The summed E-state index contributed by atoms with van der Waals surface area (Å²) in [6, 6.07) is 16.5. The third kappa shape index (κ3) is 7.77. The maximum Gasteiger partial charge on any atom is 0.338 e. The lowest BCUT2D eigenvalue weighted by atomic mass is 9.79. The number of likely N-dealkylation sites (N-methyl/N-ethyl adjacent to an activating group) is 1. The lowest BCUT2D eigenvalue weighted by Crippen LogP contribution is -2.30. The molecule has 0 fully saturated rings. The van der Waals surface area contributed by atoms with E-state index in [0.29, 0.717) is 12.1 Å². The fraction of sp³-hybridized carbons (Fsp3) is 0.500. The van der Waals surface area contributed by atoms with E-state index in [1.807, 2.05) is 37.3 Å². The molecule has 2 aromatic carbocycles. The number of carbonyl (C=O) groups excluding carboxylic acids is 1. The standard InChI is InChI=1S/C26H37NO2.ClH/c1-19(17-27(8)18-20-12-10-9-11-13-20)29-24(28)21-14-22(25(2,3)4)16-23(15-21)26(5,6)7;/h9-16,19H,17-18H2,1-8H3;1H. The summed E-state index contributed by atoms with van der Waals surface area (Å²) in [5, 5.41) is 0. The van der Waals surface area contributed by atoms with E-state index in [1.165, 1.54) is 5.56 Å². The molecule has 4 heteroatoms. The van der Waals surface area contributed by atoms with Crippen LogP contribution in [-0.4, -0.2) is 30.6 Å². The van der Waals surface area contributed by atoms with Gasteiger partial charge in [0.2, 0.25) is 0 Å². The van der Waals surface area contributed by atoms with Gasteiger partial charge in [-0.3, -0.25) is 4.90 Å². The summed E-state index contributed by atoms with van der Waals surface area (Å²) >= 11 is 0. The zero-order valence-electron chi connectivity index (χ0n) is 19.8. The van der Waals surface area contributed by atoms with Crippen LogP contribution in [0.3, 0.4) is 0 Å². The van der Waals surface area contributed by atoms with Gasteiger partial charge in [0, 0.05) is 13.1 Å². The van der Waals surface area contributed by atoms with Crippen molar-refractivity contribution < 1.29 is 9.53 Å². The number of benzene rings is 2. The highest BCUT2D eigenvalue weighted by Gasteiger charge is 2.23. The molecule has 166 valence electrons. The SMILES string of the molecule is CC(CN(C)Cc1ccccc1)OC(=O)c1cc(C(C)(C)C)cc(C(C)(C)C)c1.Cl. The summed E-state index contributed by atoms with van der Waals surface area (Å²) in [6.07, 6.45) is -0.187. The number of hydrogen-bond acceptors (Lipinski definition) is 3. The summed E-state index contributed by atoms with van der Waals surface area (Å²) in [6.45, 7) is 16.5. The molecule has 0 aliphatic carbocycles. The minimum atomic E-state index is -0.248. The molecule has 0 saturated carbocycles. The van der Waals surface area contributed by atoms with Crippen molar-refractivity contribution in [3.63, 3.8) is 0 Å². The molecule has 0 bridgehead atoms. The van der Waals surface area contributed by atoms with Crippen molar-refractivity contribution in [2.24, 2.45) is 0 Å². The van der Waals surface area contributed by atoms with Gasteiger partial charge in [-0.05, 0) is 53.6 Å². The highest BCUT2D eigenvalue weighted by Crippen LogP contribution is 2.30. The van der Waals surface area contributed by atoms with Crippen LogP contribution in [0.5, 0.6) is 0 Å². The number of nitrogens with zero attached hydrogens (tertiary/aromatic N) is 1. The molecular formula is C26H38ClNO2. The third-order valence-corrected chi connectivity index (χ3v) is 5.07. The normalized spacial score (nSPS) is 13.0. The minimum Gasteiger partial charge on any atom is -0.458 e. The van der Waals surface area contributed by atoms with E-state index in [1.54, 1.807) is 0 Å². The first kappa shape index (κ1) is 26.2. The maximum absolute atomic E-state index is 12.9. The maximum atomic E-state index is 12.9. The Hall–Kier alpha value is -1.84. The Morgan fingerprint density at radius 3 is 1.90 bits per heavy atom. The number of halogens is 1. The zero-order chi connectivity index (χ0) is 21.8. The van der Waals surface area contributed by atoms with Crippen LogP contribution in [0.2, 0.25) is 0 Å². The van der Waals surface area contributed by atoms with Crippen molar-refractivity contribution in [2.45, 2.75) is 71.9 Å². The Bertz CT molecular complexity index is 787. The molecule has 3 nitrogen and oxygen atoms in total. The quantitative estimate of drug-likeness (QED) is 0.497. The van der Waals surface area contributed by atoms with Gasteiger partial charge in [0.05, 0.1) is 5.56 Å². The van der Waals surface area contributed by atoms with Gasteiger partial charge in [-0.2, -0.15) is 0 Å². The highest BCUT2D eigenvalue weighted by molar-refractivity contribution is 5.90. The fourth-order valence-corrected chi connectivity index (χ4v) is 3.30. The van der Waals surface area contributed by atoms with Crippen molar-refractivity contribution in [3.8, 4) is 0 Å². The van der Waals surface area contributed by atoms with Gasteiger partial charge >= 0.3 is 5.97 Å². The van der Waals surface area contributed by atoms with Gasteiger partial charge in [0.25, 0.3) is 0 Å². The van der Waals surface area contributed by atoms with E-state index in [9.17, 15) is 4.79 Å². The van der Waals surface area contributed by atoms with E-state index in [4.69, 9.17) is 4.74 Å². The Morgan fingerprint density at radius 2 is 1.43 bits per heavy atom. The predicted molar refractivity (Wildman–Crippen MR) is 129 cm³/mol. The molecule has 1 atom stereocenters. The predicted octanol–water partition coefficient (Wildman–Crippen LogP) is 6.38. The van der Waals surface area contributed by atoms with Crippen LogP contribution in [0.4, 0.5) is 0 Å². The molecule has 2 rings (SSSR count). The van der Waals surface area contributed by atoms with E-state index in [0.717, 1.165) is 17.7 Å². The van der Waals surface area contributed by atoms with Crippen LogP contribution >= 0.6 is 12.4 Å². The first-order valence-electron chi connectivity index (χ1n) is 10.5. The summed E-state index contributed by atoms with van der Waals surface area (Å²) in [5.41, 5.74) is 4.15. The molecule has 0 aliphatic heterocycles. The van der Waals surface area contributed by atoms with Crippen LogP contribution in [-0.2, 0) is 22.1 Å². The molecule has 0 radical (unpaired) electrons. The average molecular weight is 432 g/mol. The first-order valence-corrected chi connectivity index (χ1v) is 10.5. The van der Waals surface area contributed by atoms with Crippen LogP contribution in [0.1, 0.15) is 75.5 Å². The van der Waals surface area contributed by atoms with Crippen molar-refractivity contribution in [1.82, 2.24) is 4.90 Å². The van der Waals surface area contributed by atoms with Crippen molar-refractivity contribution >= 4 is 18.4 Å². The van der Waals surface area contributed by atoms with Crippen LogP contribution in [0.25, 0.3) is 0 Å². The molecule has 30 heavy (non-hydrogen) atoms. The molecule has 0 amide bonds. The van der Waals surface area contributed by atoms with Crippen LogP contribution < -0.4 is 0 Å². The third-order valence-electron chi connectivity index (χ3n) is 5.07. The fourth-order valence-electron chi connectivity index (χ4n) is 3.30. The lowest BCUT2D eigenvalue weighted by molar-refractivity contribution is 0.0267. The smallest absolute Gasteiger partial charge is 0.338 e. The summed E-state index contributed by atoms with van der Waals surface area (Å²) < 4.78 is 5.80. The molecule has 0 aliphatic rings. The molecule has 0 saturated heterocycles. The summed E-state index contributed by atoms with van der Waals surface area (Å²) in [5.74, 6) is -0.248. The number of hydrogen-bond donors (Lipinski definition) is 0. The number of rotatable bonds is 6.